The second kappa shape index (κ2) is 5.90. The number of carbonyl (C=O) groups is 1. The van der Waals surface area contributed by atoms with E-state index < -0.39 is 16.6 Å². The highest BCUT2D eigenvalue weighted by atomic mass is 19.1. The van der Waals surface area contributed by atoms with E-state index in [9.17, 15) is 19.3 Å². The van der Waals surface area contributed by atoms with E-state index in [4.69, 9.17) is 4.74 Å². The zero-order valence-corrected chi connectivity index (χ0v) is 9.10. The Morgan fingerprint density at radius 2 is 2.29 bits per heavy atom. The Morgan fingerprint density at radius 3 is 2.88 bits per heavy atom. The summed E-state index contributed by atoms with van der Waals surface area (Å²) < 4.78 is 17.7. The SMILES string of the molecule is CCOCC(=O)Nc1cc(F)ccc1[N+](=O)[O-]. The number of carbonyl (C=O) groups excluding carboxylic acids is 1. The van der Waals surface area contributed by atoms with Crippen molar-refractivity contribution in [3.05, 3.63) is 34.1 Å². The number of nitrogens with zero attached hydrogens (tertiary/aromatic N) is 1. The fourth-order valence-corrected chi connectivity index (χ4v) is 1.15. The molecule has 1 aromatic rings. The lowest BCUT2D eigenvalue weighted by atomic mass is 10.2. The Balaban J connectivity index is 2.85. The molecule has 0 aliphatic carbocycles. The summed E-state index contributed by atoms with van der Waals surface area (Å²) in [6.45, 7) is 1.82. The van der Waals surface area contributed by atoms with Crippen molar-refractivity contribution in [1.82, 2.24) is 0 Å². The maximum Gasteiger partial charge on any atom is 0.292 e. The molecule has 0 aliphatic heterocycles. The van der Waals surface area contributed by atoms with Crippen molar-refractivity contribution in [2.24, 2.45) is 0 Å². The summed E-state index contributed by atoms with van der Waals surface area (Å²) in [7, 11) is 0. The molecule has 1 amide bonds. The van der Waals surface area contributed by atoms with Crippen molar-refractivity contribution in [2.45, 2.75) is 6.92 Å². The summed E-state index contributed by atoms with van der Waals surface area (Å²) in [4.78, 5) is 21.2. The molecule has 1 N–H and O–H groups in total. The first-order valence-corrected chi connectivity index (χ1v) is 4.86. The molecule has 17 heavy (non-hydrogen) atoms. The Kier molecular flexibility index (Phi) is 4.53. The molecule has 0 unspecified atom stereocenters. The van der Waals surface area contributed by atoms with Gasteiger partial charge in [0.15, 0.2) is 0 Å². The van der Waals surface area contributed by atoms with Crippen LogP contribution in [0.2, 0.25) is 0 Å². The lowest BCUT2D eigenvalue weighted by Crippen LogP contribution is -2.19. The fraction of sp³-hybridized carbons (Fsp3) is 0.300. The monoisotopic (exact) mass is 242 g/mol. The van der Waals surface area contributed by atoms with Crippen LogP contribution < -0.4 is 5.32 Å². The normalized spacial score (nSPS) is 10.0. The molecule has 0 saturated heterocycles. The molecule has 0 heterocycles. The number of hydrogen-bond donors (Lipinski definition) is 1. The van der Waals surface area contributed by atoms with Crippen LogP contribution in [0.3, 0.4) is 0 Å². The molecule has 0 bridgehead atoms. The van der Waals surface area contributed by atoms with Gasteiger partial charge in [-0.3, -0.25) is 14.9 Å². The van der Waals surface area contributed by atoms with Crippen LogP contribution in [0.5, 0.6) is 0 Å². The Morgan fingerprint density at radius 1 is 1.59 bits per heavy atom. The summed E-state index contributed by atoms with van der Waals surface area (Å²) in [6.07, 6.45) is 0. The van der Waals surface area contributed by atoms with Crippen molar-refractivity contribution in [2.75, 3.05) is 18.5 Å². The van der Waals surface area contributed by atoms with Gasteiger partial charge in [0.25, 0.3) is 11.6 Å². The van der Waals surface area contributed by atoms with E-state index in [1.165, 1.54) is 0 Å². The van der Waals surface area contributed by atoms with Crippen LogP contribution in [0.15, 0.2) is 18.2 Å². The number of nitro groups is 1. The smallest absolute Gasteiger partial charge is 0.292 e. The number of halogens is 1. The van der Waals surface area contributed by atoms with E-state index >= 15 is 0 Å². The highest BCUT2D eigenvalue weighted by molar-refractivity contribution is 5.93. The van der Waals surface area contributed by atoms with Crippen LogP contribution in [0.25, 0.3) is 0 Å². The predicted molar refractivity (Wildman–Crippen MR) is 58.2 cm³/mol. The summed E-state index contributed by atoms with van der Waals surface area (Å²) in [5, 5.41) is 12.9. The van der Waals surface area contributed by atoms with Crippen LogP contribution >= 0.6 is 0 Å². The highest BCUT2D eigenvalue weighted by Gasteiger charge is 2.16. The highest BCUT2D eigenvalue weighted by Crippen LogP contribution is 2.24. The van der Waals surface area contributed by atoms with Gasteiger partial charge in [-0.2, -0.15) is 0 Å². The maximum absolute atomic E-state index is 12.9. The lowest BCUT2D eigenvalue weighted by Gasteiger charge is -2.05. The second-order valence-corrected chi connectivity index (χ2v) is 3.10. The first kappa shape index (κ1) is 13.0. The number of benzene rings is 1. The van der Waals surface area contributed by atoms with E-state index in [1.807, 2.05) is 0 Å². The molecular formula is C10H11FN2O4. The quantitative estimate of drug-likeness (QED) is 0.629. The Bertz CT molecular complexity index is 436. The Hall–Kier alpha value is -2.02. The molecule has 1 aromatic carbocycles. The number of nitrogens with one attached hydrogen (secondary N) is 1. The predicted octanol–water partition coefficient (Wildman–Crippen LogP) is 1.71. The van der Waals surface area contributed by atoms with Crippen LogP contribution in [0, 0.1) is 15.9 Å². The summed E-state index contributed by atoms with van der Waals surface area (Å²) in [5.74, 6) is -1.23. The van der Waals surface area contributed by atoms with E-state index in [2.05, 4.69) is 5.32 Å². The van der Waals surface area contributed by atoms with E-state index in [1.54, 1.807) is 6.92 Å². The van der Waals surface area contributed by atoms with Gasteiger partial charge in [0.2, 0.25) is 0 Å². The standard InChI is InChI=1S/C10H11FN2O4/c1-2-17-6-10(14)12-8-5-7(11)3-4-9(8)13(15)16/h3-5H,2,6H2,1H3,(H,12,14). The summed E-state index contributed by atoms with van der Waals surface area (Å²) >= 11 is 0. The summed E-state index contributed by atoms with van der Waals surface area (Å²) in [6, 6.07) is 2.84. The van der Waals surface area contributed by atoms with Gasteiger partial charge in [-0.25, -0.2) is 4.39 Å². The maximum atomic E-state index is 12.9. The molecule has 0 aliphatic rings. The van der Waals surface area contributed by atoms with Crippen molar-refractivity contribution in [3.63, 3.8) is 0 Å². The molecule has 0 spiro atoms. The first-order chi connectivity index (χ1) is 8.04. The van der Waals surface area contributed by atoms with Crippen LogP contribution in [-0.4, -0.2) is 24.0 Å². The van der Waals surface area contributed by atoms with Crippen LogP contribution in [0.4, 0.5) is 15.8 Å². The molecule has 0 saturated carbocycles. The zero-order chi connectivity index (χ0) is 12.8. The molecule has 7 heteroatoms. The molecule has 1 rings (SSSR count). The van der Waals surface area contributed by atoms with Gasteiger partial charge in [0.05, 0.1) is 4.92 Å². The zero-order valence-electron chi connectivity index (χ0n) is 9.10. The first-order valence-electron chi connectivity index (χ1n) is 4.86. The van der Waals surface area contributed by atoms with Crippen LogP contribution in [-0.2, 0) is 9.53 Å². The fourth-order valence-electron chi connectivity index (χ4n) is 1.15. The van der Waals surface area contributed by atoms with E-state index in [0.29, 0.717) is 6.61 Å². The van der Waals surface area contributed by atoms with Gasteiger partial charge >= 0.3 is 0 Å². The topological polar surface area (TPSA) is 81.5 Å². The third-order valence-electron chi connectivity index (χ3n) is 1.87. The molecule has 0 radical (unpaired) electrons. The van der Waals surface area contributed by atoms with Crippen molar-refractivity contribution < 1.29 is 18.8 Å². The largest absolute Gasteiger partial charge is 0.372 e. The van der Waals surface area contributed by atoms with Gasteiger partial charge in [-0.1, -0.05) is 0 Å². The van der Waals surface area contributed by atoms with E-state index in [0.717, 1.165) is 18.2 Å². The molecule has 0 atom stereocenters. The molecule has 6 nitrogen and oxygen atoms in total. The van der Waals surface area contributed by atoms with Gasteiger partial charge in [-0.15, -0.1) is 0 Å². The van der Waals surface area contributed by atoms with Crippen molar-refractivity contribution >= 4 is 17.3 Å². The minimum atomic E-state index is -0.699. The number of hydrogen-bond acceptors (Lipinski definition) is 4. The van der Waals surface area contributed by atoms with E-state index in [-0.39, 0.29) is 18.0 Å². The van der Waals surface area contributed by atoms with Gasteiger partial charge < -0.3 is 10.1 Å². The number of amides is 1. The number of rotatable bonds is 5. The minimum absolute atomic E-state index is 0.181. The number of anilines is 1. The molecule has 92 valence electrons. The third-order valence-corrected chi connectivity index (χ3v) is 1.87. The molecule has 0 fully saturated rings. The Labute approximate surface area is 96.5 Å². The van der Waals surface area contributed by atoms with Gasteiger partial charge in [0.1, 0.15) is 18.1 Å². The minimum Gasteiger partial charge on any atom is -0.372 e. The van der Waals surface area contributed by atoms with Gasteiger partial charge in [0, 0.05) is 18.7 Å². The molecular weight excluding hydrogens is 231 g/mol. The third kappa shape index (κ3) is 3.80. The van der Waals surface area contributed by atoms with Crippen molar-refractivity contribution in [3.8, 4) is 0 Å². The second-order valence-electron chi connectivity index (χ2n) is 3.10. The van der Waals surface area contributed by atoms with Crippen LogP contribution in [0.1, 0.15) is 6.92 Å². The molecule has 0 aromatic heterocycles. The summed E-state index contributed by atoms with van der Waals surface area (Å²) in [5.41, 5.74) is -0.545. The average molecular weight is 242 g/mol. The average Bonchev–Trinajstić information content (AvgIpc) is 2.26. The van der Waals surface area contributed by atoms with Gasteiger partial charge in [-0.05, 0) is 13.0 Å². The lowest BCUT2D eigenvalue weighted by molar-refractivity contribution is -0.384. The number of nitro benzene ring substituents is 1. The van der Waals surface area contributed by atoms with Crippen molar-refractivity contribution in [1.29, 1.82) is 0 Å². The number of ether oxygens (including phenoxy) is 1.